The van der Waals surface area contributed by atoms with E-state index >= 15 is 0 Å². The van der Waals surface area contributed by atoms with Crippen molar-refractivity contribution in [3.8, 4) is 5.69 Å². The van der Waals surface area contributed by atoms with Crippen molar-refractivity contribution in [3.05, 3.63) is 63.8 Å². The zero-order chi connectivity index (χ0) is 17.4. The molecule has 128 valence electrons. The Hall–Kier alpha value is -2.90. The molecule has 1 aromatic carbocycles. The van der Waals surface area contributed by atoms with E-state index in [1.807, 2.05) is 6.92 Å². The molecule has 0 saturated heterocycles. The molecule has 0 bridgehead atoms. The predicted molar refractivity (Wildman–Crippen MR) is 88.0 cm³/mol. The van der Waals surface area contributed by atoms with Crippen LogP contribution in [0.1, 0.15) is 42.3 Å². The number of hydrogen-bond acceptors (Lipinski definition) is 5. The average molecular weight is 340 g/mol. The Labute approximate surface area is 143 Å². The van der Waals surface area contributed by atoms with Gasteiger partial charge in [0.05, 0.1) is 18.6 Å². The molecule has 1 aliphatic carbocycles. The molecule has 0 aliphatic heterocycles. The highest BCUT2D eigenvalue weighted by Gasteiger charge is 2.21. The second-order valence-electron chi connectivity index (χ2n) is 6.37. The Bertz CT molecular complexity index is 975. The minimum atomic E-state index is -0.426. The Morgan fingerprint density at radius 2 is 2.12 bits per heavy atom. The van der Waals surface area contributed by atoms with Crippen molar-refractivity contribution in [1.29, 1.82) is 0 Å². The van der Waals surface area contributed by atoms with Crippen LogP contribution in [0.3, 0.4) is 0 Å². The smallest absolute Gasteiger partial charge is 0.253 e. The lowest BCUT2D eigenvalue weighted by Gasteiger charge is -2.24. The third kappa shape index (κ3) is 2.95. The Morgan fingerprint density at radius 3 is 2.84 bits per heavy atom. The number of tetrazole rings is 1. The molecule has 0 amide bonds. The zero-order valence-electron chi connectivity index (χ0n) is 13.8. The third-order valence-electron chi connectivity index (χ3n) is 4.60. The maximum atomic E-state index is 14.1. The van der Waals surface area contributed by atoms with Gasteiger partial charge in [0.2, 0.25) is 0 Å². The van der Waals surface area contributed by atoms with Gasteiger partial charge >= 0.3 is 0 Å². The molecule has 1 fully saturated rings. The van der Waals surface area contributed by atoms with Crippen LogP contribution in [-0.2, 0) is 6.54 Å². The number of aromatic nitrogens is 6. The molecule has 0 unspecified atom stereocenters. The van der Waals surface area contributed by atoms with Crippen molar-refractivity contribution in [3.63, 3.8) is 0 Å². The lowest BCUT2D eigenvalue weighted by molar-refractivity contribution is 0.408. The van der Waals surface area contributed by atoms with E-state index in [2.05, 4.69) is 20.5 Å². The molecule has 8 heteroatoms. The summed E-state index contributed by atoms with van der Waals surface area (Å²) in [6, 6.07) is 6.29. The lowest BCUT2D eigenvalue weighted by atomic mass is 9.83. The molecule has 1 aliphatic rings. The standard InChI is InChI=1S/C17H17FN6O/c1-11-5-6-13(18)15(7-11)24-16(20-21-22-24)9-23-10-19-14(8-17(23)25)12-3-2-4-12/h5-8,10,12H,2-4,9H2,1H3. The largest absolute Gasteiger partial charge is 0.291 e. The van der Waals surface area contributed by atoms with Gasteiger partial charge in [-0.15, -0.1) is 5.10 Å². The molecule has 4 rings (SSSR count). The quantitative estimate of drug-likeness (QED) is 0.726. The summed E-state index contributed by atoms with van der Waals surface area (Å²) in [6.07, 6.45) is 4.87. The maximum Gasteiger partial charge on any atom is 0.253 e. The van der Waals surface area contributed by atoms with Crippen molar-refractivity contribution in [2.24, 2.45) is 0 Å². The molecule has 0 radical (unpaired) electrons. The number of benzene rings is 1. The number of hydrogen-bond donors (Lipinski definition) is 0. The predicted octanol–water partition coefficient (Wildman–Crippen LogP) is 1.98. The summed E-state index contributed by atoms with van der Waals surface area (Å²) in [5, 5.41) is 11.4. The van der Waals surface area contributed by atoms with E-state index in [-0.39, 0.29) is 17.8 Å². The van der Waals surface area contributed by atoms with Crippen molar-refractivity contribution >= 4 is 0 Å². The molecule has 3 aromatic rings. The summed E-state index contributed by atoms with van der Waals surface area (Å²) < 4.78 is 16.9. The average Bonchev–Trinajstić information content (AvgIpc) is 2.99. The Balaban J connectivity index is 1.65. The van der Waals surface area contributed by atoms with Crippen molar-refractivity contribution in [1.82, 2.24) is 29.8 Å². The molecule has 1 saturated carbocycles. The highest BCUT2D eigenvalue weighted by molar-refractivity contribution is 5.36. The first-order chi connectivity index (χ1) is 12.1. The molecule has 0 N–H and O–H groups in total. The second kappa shape index (κ2) is 6.19. The first-order valence-corrected chi connectivity index (χ1v) is 8.22. The van der Waals surface area contributed by atoms with Gasteiger partial charge in [-0.2, -0.15) is 4.68 Å². The zero-order valence-corrected chi connectivity index (χ0v) is 13.8. The van der Waals surface area contributed by atoms with Crippen LogP contribution in [0.5, 0.6) is 0 Å². The number of aryl methyl sites for hydroxylation is 1. The van der Waals surface area contributed by atoms with Gasteiger partial charge in [0.25, 0.3) is 5.56 Å². The topological polar surface area (TPSA) is 78.5 Å². The minimum Gasteiger partial charge on any atom is -0.291 e. The van der Waals surface area contributed by atoms with Crippen LogP contribution in [0.4, 0.5) is 4.39 Å². The molecule has 25 heavy (non-hydrogen) atoms. The Morgan fingerprint density at radius 1 is 1.28 bits per heavy atom. The van der Waals surface area contributed by atoms with Crippen molar-refractivity contribution in [2.45, 2.75) is 38.6 Å². The fraction of sp³-hybridized carbons (Fsp3) is 0.353. The molecular weight excluding hydrogens is 323 g/mol. The lowest BCUT2D eigenvalue weighted by Crippen LogP contribution is -2.24. The SMILES string of the molecule is Cc1ccc(F)c(-n2nnnc2Cn2cnc(C3CCC3)cc2=O)c1. The van der Waals surface area contributed by atoms with Crippen LogP contribution in [0.15, 0.2) is 35.4 Å². The van der Waals surface area contributed by atoms with Gasteiger partial charge in [0.1, 0.15) is 11.5 Å². The van der Waals surface area contributed by atoms with E-state index in [1.54, 1.807) is 18.2 Å². The van der Waals surface area contributed by atoms with Crippen LogP contribution in [-0.4, -0.2) is 29.8 Å². The van der Waals surface area contributed by atoms with Crippen LogP contribution in [0.2, 0.25) is 0 Å². The van der Waals surface area contributed by atoms with Gasteiger partial charge in [-0.25, -0.2) is 9.37 Å². The summed E-state index contributed by atoms with van der Waals surface area (Å²) in [5.74, 6) is 0.337. The summed E-state index contributed by atoms with van der Waals surface area (Å²) in [4.78, 5) is 16.7. The molecule has 0 atom stereocenters. The van der Waals surface area contributed by atoms with Crippen LogP contribution in [0, 0.1) is 12.7 Å². The number of rotatable bonds is 4. The van der Waals surface area contributed by atoms with Gasteiger partial charge in [0.15, 0.2) is 5.82 Å². The molecule has 2 aromatic heterocycles. The maximum absolute atomic E-state index is 14.1. The van der Waals surface area contributed by atoms with Crippen molar-refractivity contribution in [2.75, 3.05) is 0 Å². The number of nitrogens with zero attached hydrogens (tertiary/aromatic N) is 6. The first kappa shape index (κ1) is 15.6. The fourth-order valence-corrected chi connectivity index (χ4v) is 2.91. The Kier molecular flexibility index (Phi) is 3.87. The van der Waals surface area contributed by atoms with Gasteiger partial charge in [-0.1, -0.05) is 12.5 Å². The normalized spacial score (nSPS) is 14.5. The first-order valence-electron chi connectivity index (χ1n) is 8.22. The molecule has 0 spiro atoms. The molecule has 7 nitrogen and oxygen atoms in total. The highest BCUT2D eigenvalue weighted by atomic mass is 19.1. The summed E-state index contributed by atoms with van der Waals surface area (Å²) in [6.45, 7) is 1.98. The number of halogens is 1. The van der Waals surface area contributed by atoms with Gasteiger partial charge < -0.3 is 0 Å². The van der Waals surface area contributed by atoms with E-state index < -0.39 is 5.82 Å². The van der Waals surface area contributed by atoms with Crippen LogP contribution >= 0.6 is 0 Å². The molecular formula is C17H17FN6O. The molecule has 2 heterocycles. The van der Waals surface area contributed by atoms with E-state index in [4.69, 9.17) is 0 Å². The minimum absolute atomic E-state index is 0.122. The fourth-order valence-electron chi connectivity index (χ4n) is 2.91. The highest BCUT2D eigenvalue weighted by Crippen LogP contribution is 2.34. The van der Waals surface area contributed by atoms with Crippen molar-refractivity contribution < 1.29 is 4.39 Å². The van der Waals surface area contributed by atoms with E-state index in [0.717, 1.165) is 24.1 Å². The summed E-state index contributed by atoms with van der Waals surface area (Å²) >= 11 is 0. The van der Waals surface area contributed by atoms with E-state index in [1.165, 1.54) is 28.1 Å². The monoisotopic (exact) mass is 340 g/mol. The van der Waals surface area contributed by atoms with Crippen LogP contribution in [0.25, 0.3) is 5.69 Å². The summed E-state index contributed by atoms with van der Waals surface area (Å²) in [7, 11) is 0. The van der Waals surface area contributed by atoms with Crippen LogP contribution < -0.4 is 5.56 Å². The van der Waals surface area contributed by atoms with Gasteiger partial charge in [-0.05, 0) is 47.9 Å². The van der Waals surface area contributed by atoms with E-state index in [0.29, 0.717) is 11.7 Å². The third-order valence-corrected chi connectivity index (χ3v) is 4.60. The van der Waals surface area contributed by atoms with E-state index in [9.17, 15) is 9.18 Å². The van der Waals surface area contributed by atoms with Gasteiger partial charge in [0, 0.05) is 12.0 Å². The second-order valence-corrected chi connectivity index (χ2v) is 6.37. The summed E-state index contributed by atoms with van der Waals surface area (Å²) in [5.41, 5.74) is 1.83. The van der Waals surface area contributed by atoms with Gasteiger partial charge in [-0.3, -0.25) is 9.36 Å².